The maximum Gasteiger partial charge on any atom is 0.326 e. The van der Waals surface area contributed by atoms with E-state index in [-0.39, 0.29) is 18.8 Å². The number of nitrogens with two attached hydrogens (primary N) is 1. The van der Waals surface area contributed by atoms with Crippen molar-refractivity contribution < 1.29 is 34.2 Å². The third-order valence-corrected chi connectivity index (χ3v) is 7.13. The monoisotopic (exact) mass is 563 g/mol. The van der Waals surface area contributed by atoms with Crippen molar-refractivity contribution in [2.24, 2.45) is 11.7 Å². The third kappa shape index (κ3) is 9.29. The highest BCUT2D eigenvalue weighted by Crippen LogP contribution is 2.20. The molecule has 0 saturated heterocycles. The summed E-state index contributed by atoms with van der Waals surface area (Å²) in [4.78, 5) is 65.1. The average molecular weight is 564 g/mol. The summed E-state index contributed by atoms with van der Waals surface area (Å²) in [6.45, 7) is 3.52. The Morgan fingerprint density at radius 3 is 2.26 bits per heavy atom. The van der Waals surface area contributed by atoms with E-state index in [4.69, 9.17) is 10.8 Å². The second kappa shape index (κ2) is 15.1. The first-order valence-corrected chi connectivity index (χ1v) is 14.0. The zero-order valence-corrected chi connectivity index (χ0v) is 23.0. The molecule has 5 atom stereocenters. The standard InChI is InChI=1S/C26H37N5O7S/c1-4-14(2)22(26(37)38)31-25(36)20(11-15-13-28-18-8-6-5-7-16(15)18)30-24(35)19(9-10-39-3)29-23(34)17(27)12-21(32)33/h5-8,13-14,17,19-20,22,28H,4,9-12,27H2,1-3H3,(H,29,34)(H,30,35)(H,31,36)(H,32,33)(H,37,38). The zero-order valence-electron chi connectivity index (χ0n) is 22.2. The number of carbonyl (C=O) groups is 5. The molecule has 39 heavy (non-hydrogen) atoms. The molecule has 1 aromatic carbocycles. The Labute approximate surface area is 230 Å². The van der Waals surface area contributed by atoms with Gasteiger partial charge in [0, 0.05) is 23.5 Å². The van der Waals surface area contributed by atoms with E-state index < -0.39 is 60.2 Å². The molecular formula is C26H37N5O7S. The van der Waals surface area contributed by atoms with Crippen LogP contribution in [0.25, 0.3) is 10.9 Å². The minimum absolute atomic E-state index is 0.0517. The maximum atomic E-state index is 13.4. The quantitative estimate of drug-likeness (QED) is 0.154. The Bertz CT molecular complexity index is 1170. The highest BCUT2D eigenvalue weighted by molar-refractivity contribution is 7.98. The van der Waals surface area contributed by atoms with Gasteiger partial charge in [-0.2, -0.15) is 11.8 Å². The maximum absolute atomic E-state index is 13.4. The average Bonchev–Trinajstić information content (AvgIpc) is 3.30. The molecule has 13 heteroatoms. The number of benzene rings is 1. The van der Waals surface area contributed by atoms with E-state index in [0.29, 0.717) is 12.2 Å². The predicted molar refractivity (Wildman–Crippen MR) is 148 cm³/mol. The van der Waals surface area contributed by atoms with Crippen LogP contribution >= 0.6 is 11.8 Å². The van der Waals surface area contributed by atoms with E-state index in [0.717, 1.165) is 16.5 Å². The van der Waals surface area contributed by atoms with E-state index in [9.17, 15) is 29.1 Å². The summed E-state index contributed by atoms with van der Waals surface area (Å²) >= 11 is 1.44. The molecule has 1 aromatic heterocycles. The number of carboxylic acids is 2. The molecule has 3 amide bonds. The summed E-state index contributed by atoms with van der Waals surface area (Å²) in [5, 5.41) is 27.2. The first-order chi connectivity index (χ1) is 18.5. The first kappa shape index (κ1) is 31.6. The van der Waals surface area contributed by atoms with Gasteiger partial charge in [-0.1, -0.05) is 38.5 Å². The molecule has 0 saturated carbocycles. The molecule has 214 valence electrons. The van der Waals surface area contributed by atoms with E-state index in [1.165, 1.54) is 11.8 Å². The number of carbonyl (C=O) groups excluding carboxylic acids is 3. The van der Waals surface area contributed by atoms with Gasteiger partial charge in [0.05, 0.1) is 12.5 Å². The Morgan fingerprint density at radius 2 is 1.64 bits per heavy atom. The lowest BCUT2D eigenvalue weighted by Gasteiger charge is -2.26. The molecule has 0 aliphatic rings. The number of para-hydroxylation sites is 1. The summed E-state index contributed by atoms with van der Waals surface area (Å²) < 4.78 is 0. The van der Waals surface area contributed by atoms with Crippen molar-refractivity contribution >= 4 is 52.3 Å². The lowest BCUT2D eigenvalue weighted by molar-refractivity contribution is -0.143. The van der Waals surface area contributed by atoms with Crippen LogP contribution in [0.5, 0.6) is 0 Å². The van der Waals surface area contributed by atoms with Gasteiger partial charge in [0.25, 0.3) is 0 Å². The van der Waals surface area contributed by atoms with Crippen molar-refractivity contribution in [3.63, 3.8) is 0 Å². The summed E-state index contributed by atoms with van der Waals surface area (Å²) in [7, 11) is 0. The Hall–Kier alpha value is -3.58. The lowest BCUT2D eigenvalue weighted by atomic mass is 9.98. The molecule has 0 bridgehead atoms. The van der Waals surface area contributed by atoms with Gasteiger partial charge in [-0.05, 0) is 36.0 Å². The van der Waals surface area contributed by atoms with Crippen LogP contribution in [0.1, 0.15) is 38.7 Å². The number of amides is 3. The molecular weight excluding hydrogens is 526 g/mol. The van der Waals surface area contributed by atoms with Crippen molar-refractivity contribution in [3.8, 4) is 0 Å². The second-order valence-corrected chi connectivity index (χ2v) is 10.4. The molecule has 2 aromatic rings. The van der Waals surface area contributed by atoms with Gasteiger partial charge < -0.3 is 36.9 Å². The summed E-state index contributed by atoms with van der Waals surface area (Å²) in [5.74, 6) is -4.48. The van der Waals surface area contributed by atoms with Crippen LogP contribution in [0.4, 0.5) is 0 Å². The second-order valence-electron chi connectivity index (χ2n) is 9.38. The largest absolute Gasteiger partial charge is 0.481 e. The van der Waals surface area contributed by atoms with Gasteiger partial charge in [-0.25, -0.2) is 4.79 Å². The van der Waals surface area contributed by atoms with Crippen LogP contribution in [0.3, 0.4) is 0 Å². The minimum Gasteiger partial charge on any atom is -0.481 e. The van der Waals surface area contributed by atoms with E-state index in [2.05, 4.69) is 20.9 Å². The van der Waals surface area contributed by atoms with Crippen molar-refractivity contribution in [2.75, 3.05) is 12.0 Å². The smallest absolute Gasteiger partial charge is 0.326 e. The van der Waals surface area contributed by atoms with Gasteiger partial charge in [0.1, 0.15) is 18.1 Å². The topological polar surface area (TPSA) is 204 Å². The van der Waals surface area contributed by atoms with Gasteiger partial charge in [-0.15, -0.1) is 0 Å². The van der Waals surface area contributed by atoms with Crippen molar-refractivity contribution in [1.82, 2.24) is 20.9 Å². The fraction of sp³-hybridized carbons (Fsp3) is 0.500. The molecule has 12 nitrogen and oxygen atoms in total. The molecule has 1 heterocycles. The van der Waals surface area contributed by atoms with Crippen LogP contribution < -0.4 is 21.7 Å². The van der Waals surface area contributed by atoms with Gasteiger partial charge in [-0.3, -0.25) is 19.2 Å². The Morgan fingerprint density at radius 1 is 1.00 bits per heavy atom. The number of fused-ring (bicyclic) bond motifs is 1. The molecule has 0 radical (unpaired) electrons. The first-order valence-electron chi connectivity index (χ1n) is 12.6. The van der Waals surface area contributed by atoms with Crippen molar-refractivity contribution in [3.05, 3.63) is 36.0 Å². The number of aromatic nitrogens is 1. The van der Waals surface area contributed by atoms with Crippen molar-refractivity contribution in [1.29, 1.82) is 0 Å². The highest BCUT2D eigenvalue weighted by Gasteiger charge is 2.32. The van der Waals surface area contributed by atoms with Crippen LogP contribution in [0.15, 0.2) is 30.5 Å². The van der Waals surface area contributed by atoms with Crippen LogP contribution in [-0.4, -0.2) is 81.0 Å². The fourth-order valence-corrected chi connectivity index (χ4v) is 4.47. The van der Waals surface area contributed by atoms with Crippen LogP contribution in [0, 0.1) is 5.92 Å². The van der Waals surface area contributed by atoms with Crippen LogP contribution in [-0.2, 0) is 30.4 Å². The van der Waals surface area contributed by atoms with Gasteiger partial charge in [0.2, 0.25) is 17.7 Å². The third-order valence-electron chi connectivity index (χ3n) is 6.48. The number of nitrogens with one attached hydrogen (secondary N) is 4. The number of hydrogen-bond acceptors (Lipinski definition) is 7. The van der Waals surface area contributed by atoms with Gasteiger partial charge >= 0.3 is 11.9 Å². The Kier molecular flexibility index (Phi) is 12.3. The summed E-state index contributed by atoms with van der Waals surface area (Å²) in [6.07, 6.45) is 3.69. The molecule has 0 fully saturated rings. The van der Waals surface area contributed by atoms with E-state index in [1.54, 1.807) is 13.1 Å². The molecule has 0 aliphatic carbocycles. The van der Waals surface area contributed by atoms with E-state index in [1.807, 2.05) is 37.4 Å². The number of H-pyrrole nitrogens is 1. The molecule has 8 N–H and O–H groups in total. The SMILES string of the molecule is CCC(C)C(NC(=O)C(Cc1c[nH]c2ccccc12)NC(=O)C(CCSC)NC(=O)C(N)CC(=O)O)C(=O)O. The predicted octanol–water partition coefficient (Wildman–Crippen LogP) is 0.851. The van der Waals surface area contributed by atoms with Crippen molar-refractivity contribution in [2.45, 2.75) is 63.7 Å². The number of aromatic amines is 1. The molecule has 0 spiro atoms. The van der Waals surface area contributed by atoms with Crippen LogP contribution in [0.2, 0.25) is 0 Å². The fourth-order valence-electron chi connectivity index (χ4n) is 4.00. The van der Waals surface area contributed by atoms with E-state index >= 15 is 0 Å². The minimum atomic E-state index is -1.36. The normalized spacial score (nSPS) is 15.0. The zero-order chi connectivity index (χ0) is 29.1. The number of hydrogen-bond donors (Lipinski definition) is 7. The Balaban J connectivity index is 2.32. The number of rotatable bonds is 16. The lowest BCUT2D eigenvalue weighted by Crippen LogP contribution is -2.58. The summed E-state index contributed by atoms with van der Waals surface area (Å²) in [6, 6.07) is 2.65. The molecule has 5 unspecified atom stereocenters. The van der Waals surface area contributed by atoms with Gasteiger partial charge in [0.15, 0.2) is 0 Å². The molecule has 2 rings (SSSR count). The molecule has 0 aliphatic heterocycles. The number of carboxylic acid groups (broad SMARTS) is 2. The number of thioether (sulfide) groups is 1. The highest BCUT2D eigenvalue weighted by atomic mass is 32.2. The number of aliphatic carboxylic acids is 2. The summed E-state index contributed by atoms with van der Waals surface area (Å²) in [5.41, 5.74) is 7.22.